The van der Waals surface area contributed by atoms with E-state index in [2.05, 4.69) is 26.2 Å². The van der Waals surface area contributed by atoms with E-state index < -0.39 is 33.4 Å². The molecular formula is C20H36N4O5Si. The molecule has 3 saturated heterocycles. The van der Waals surface area contributed by atoms with Crippen LogP contribution in [0.4, 0.5) is 0 Å². The largest absolute Gasteiger partial charge is 0.394 e. The number of hydrogen-bond acceptors (Lipinski definition) is 9. The molecule has 3 aliphatic heterocycles. The van der Waals surface area contributed by atoms with Crippen molar-refractivity contribution in [2.45, 2.75) is 31.7 Å². The normalized spacial score (nSPS) is 20.3. The van der Waals surface area contributed by atoms with E-state index in [4.69, 9.17) is 21.1 Å². The highest BCUT2D eigenvalue weighted by Gasteiger charge is 2.43. The number of aliphatic hydroxyl groups excluding tert-OH is 3. The summed E-state index contributed by atoms with van der Waals surface area (Å²) in [5.41, 5.74) is 5.82. The molecule has 0 spiro atoms. The van der Waals surface area contributed by atoms with Crippen LogP contribution in [-0.4, -0.2) is 114 Å². The van der Waals surface area contributed by atoms with E-state index in [0.29, 0.717) is 17.1 Å². The van der Waals surface area contributed by atoms with E-state index in [-0.39, 0.29) is 11.6 Å². The van der Waals surface area contributed by atoms with Gasteiger partial charge in [-0.1, -0.05) is 26.2 Å². The molecule has 1 aliphatic carbocycles. The summed E-state index contributed by atoms with van der Waals surface area (Å²) in [6, 6.07) is 0. The minimum Gasteiger partial charge on any atom is -0.394 e. The van der Waals surface area contributed by atoms with E-state index in [1.807, 2.05) is 14.7 Å². The second-order valence-electron chi connectivity index (χ2n) is 9.72. The zero-order valence-corrected chi connectivity index (χ0v) is 19.5. The van der Waals surface area contributed by atoms with Crippen LogP contribution in [0.25, 0.3) is 0 Å². The van der Waals surface area contributed by atoms with Crippen LogP contribution in [0.5, 0.6) is 0 Å². The van der Waals surface area contributed by atoms with Crippen molar-refractivity contribution < 1.29 is 24.9 Å². The molecule has 0 bridgehead atoms. The fourth-order valence-corrected chi connectivity index (χ4v) is 2.43. The summed E-state index contributed by atoms with van der Waals surface area (Å²) in [4.78, 5) is 30.5. The second kappa shape index (κ2) is 9.61. The monoisotopic (exact) mass is 440 g/mol. The topological polar surface area (TPSA) is 130 Å². The average Bonchev–Trinajstić information content (AvgIpc) is 3.51. The van der Waals surface area contributed by atoms with Gasteiger partial charge in [0.15, 0.2) is 0 Å². The zero-order valence-electron chi connectivity index (χ0n) is 18.5. The Balaban J connectivity index is 0.000000208. The third-order valence-electron chi connectivity index (χ3n) is 4.43. The number of Topliss-reactive ketones (excluding diaryl/α,β-unsaturated/α-hetero) is 1. The van der Waals surface area contributed by atoms with Crippen molar-refractivity contribution in [1.29, 1.82) is 0 Å². The van der Waals surface area contributed by atoms with Gasteiger partial charge in [0.25, 0.3) is 0 Å². The number of carbonyl (C=O) groups is 2. The van der Waals surface area contributed by atoms with Crippen molar-refractivity contribution in [3.63, 3.8) is 0 Å². The zero-order chi connectivity index (χ0) is 22.7. The van der Waals surface area contributed by atoms with Gasteiger partial charge in [-0.05, 0) is 0 Å². The summed E-state index contributed by atoms with van der Waals surface area (Å²) in [5.74, 6) is 0.0485. The van der Waals surface area contributed by atoms with Gasteiger partial charge >= 0.3 is 0 Å². The number of carbonyl (C=O) groups excluding carboxylic acids is 2. The van der Waals surface area contributed by atoms with Crippen LogP contribution in [0.2, 0.25) is 26.2 Å². The summed E-state index contributed by atoms with van der Waals surface area (Å²) in [7, 11) is -0.611. The standard InChI is InChI=1S/C12H13N3O2.C4H11NO3.C4H12Si/c16-9-7-8(13-1-2-13)12(17)11(15-5-6-15)10(9)14-3-4-14;5-4(1-6,2-7)3-8;1-5(2,3)4/h7H,1-6H2;6-8H,1-3,5H2;1-4H3. The molecule has 0 aromatic rings. The minimum atomic E-state index is -1.21. The maximum absolute atomic E-state index is 12.4. The Morgan fingerprint density at radius 1 is 0.833 bits per heavy atom. The van der Waals surface area contributed by atoms with E-state index in [1.54, 1.807) is 0 Å². The van der Waals surface area contributed by atoms with Crippen LogP contribution in [-0.2, 0) is 9.59 Å². The Morgan fingerprint density at radius 3 is 1.50 bits per heavy atom. The third-order valence-corrected chi connectivity index (χ3v) is 4.43. The van der Waals surface area contributed by atoms with Crippen molar-refractivity contribution in [3.05, 3.63) is 23.2 Å². The number of rotatable bonds is 6. The molecule has 4 rings (SSSR count). The van der Waals surface area contributed by atoms with E-state index in [1.165, 1.54) is 6.08 Å². The molecule has 0 amide bonds. The Morgan fingerprint density at radius 2 is 1.20 bits per heavy atom. The second-order valence-corrected chi connectivity index (χ2v) is 15.7. The summed E-state index contributed by atoms with van der Waals surface area (Å²) >= 11 is 0. The van der Waals surface area contributed by atoms with Gasteiger partial charge in [-0.15, -0.1) is 0 Å². The van der Waals surface area contributed by atoms with Gasteiger partial charge in [0.05, 0.1) is 31.1 Å². The molecule has 0 saturated carbocycles. The minimum absolute atomic E-state index is 0.00546. The van der Waals surface area contributed by atoms with Crippen molar-refractivity contribution in [3.8, 4) is 0 Å². The van der Waals surface area contributed by atoms with Crippen LogP contribution < -0.4 is 5.73 Å². The Labute approximate surface area is 179 Å². The lowest BCUT2D eigenvalue weighted by atomic mass is 10.0. The van der Waals surface area contributed by atoms with Gasteiger partial charge < -0.3 is 35.8 Å². The van der Waals surface area contributed by atoms with Crippen molar-refractivity contribution in [2.24, 2.45) is 5.73 Å². The molecule has 10 heteroatoms. The molecule has 3 fully saturated rings. The number of ketones is 2. The summed E-state index contributed by atoms with van der Waals surface area (Å²) in [5, 5.41) is 25.0. The van der Waals surface area contributed by atoms with Crippen LogP contribution in [0.3, 0.4) is 0 Å². The Bertz CT molecular complexity index is 701. The predicted octanol–water partition coefficient (Wildman–Crippen LogP) is -1.20. The van der Waals surface area contributed by atoms with Gasteiger partial charge in [-0.3, -0.25) is 9.59 Å². The van der Waals surface area contributed by atoms with Gasteiger partial charge in [0.1, 0.15) is 11.4 Å². The van der Waals surface area contributed by atoms with Gasteiger partial charge in [-0.25, -0.2) is 0 Å². The van der Waals surface area contributed by atoms with Crippen LogP contribution >= 0.6 is 0 Å². The van der Waals surface area contributed by atoms with Gasteiger partial charge in [0.2, 0.25) is 11.6 Å². The van der Waals surface area contributed by atoms with E-state index >= 15 is 0 Å². The first-order valence-corrected chi connectivity index (χ1v) is 14.4. The molecule has 0 aromatic carbocycles. The molecule has 4 aliphatic rings. The highest BCUT2D eigenvalue weighted by molar-refractivity contribution is 6.74. The molecule has 0 aromatic heterocycles. The maximum atomic E-state index is 12.4. The molecule has 0 atom stereocenters. The van der Waals surface area contributed by atoms with E-state index in [0.717, 1.165) is 39.3 Å². The Hall–Kier alpha value is -1.72. The first-order chi connectivity index (χ1) is 13.9. The summed E-state index contributed by atoms with van der Waals surface area (Å²) < 4.78 is 0. The average molecular weight is 441 g/mol. The van der Waals surface area contributed by atoms with Gasteiger partial charge in [-0.2, -0.15) is 0 Å². The molecule has 0 unspecified atom stereocenters. The predicted molar refractivity (Wildman–Crippen MR) is 117 cm³/mol. The SMILES string of the molecule is C[Si](C)(C)C.NC(CO)(CO)CO.O=C1C=C(N2CC2)C(=O)C(N2CC2)=C1N1CC1. The highest BCUT2D eigenvalue weighted by Crippen LogP contribution is 2.33. The third kappa shape index (κ3) is 7.20. The van der Waals surface area contributed by atoms with Crippen LogP contribution in [0, 0.1) is 0 Å². The van der Waals surface area contributed by atoms with Crippen molar-refractivity contribution >= 4 is 19.6 Å². The van der Waals surface area contributed by atoms with Crippen LogP contribution in [0.1, 0.15) is 0 Å². The number of allylic oxidation sites excluding steroid dienone is 1. The molecule has 30 heavy (non-hydrogen) atoms. The molecule has 9 nitrogen and oxygen atoms in total. The van der Waals surface area contributed by atoms with E-state index in [9.17, 15) is 9.59 Å². The first-order valence-electron chi connectivity index (χ1n) is 10.4. The van der Waals surface area contributed by atoms with Crippen molar-refractivity contribution in [2.75, 3.05) is 59.1 Å². The Kier molecular flexibility index (Phi) is 7.86. The maximum Gasteiger partial charge on any atom is 0.227 e. The van der Waals surface area contributed by atoms with Crippen molar-refractivity contribution in [1.82, 2.24) is 14.7 Å². The fraction of sp³-hybridized carbons (Fsp3) is 0.700. The lowest BCUT2D eigenvalue weighted by Gasteiger charge is -2.21. The molecule has 3 heterocycles. The molecule has 0 radical (unpaired) electrons. The summed E-state index contributed by atoms with van der Waals surface area (Å²) in [6.45, 7) is 13.5. The van der Waals surface area contributed by atoms with Crippen LogP contribution in [0.15, 0.2) is 23.2 Å². The smallest absolute Gasteiger partial charge is 0.227 e. The molecule has 170 valence electrons. The highest BCUT2D eigenvalue weighted by atomic mass is 28.3. The lowest BCUT2D eigenvalue weighted by molar-refractivity contribution is -0.117. The number of hydrogen-bond donors (Lipinski definition) is 4. The molecule has 5 N–H and O–H groups in total. The number of nitrogens with zero attached hydrogens (tertiary/aromatic N) is 3. The fourth-order valence-electron chi connectivity index (χ4n) is 2.43. The lowest BCUT2D eigenvalue weighted by Crippen LogP contribution is -2.50. The number of nitrogens with two attached hydrogens (primary N) is 1. The molecular weight excluding hydrogens is 404 g/mol. The quantitative estimate of drug-likeness (QED) is 0.228. The first kappa shape index (κ1) is 24.5. The number of aliphatic hydroxyl groups is 3. The summed E-state index contributed by atoms with van der Waals surface area (Å²) in [6.07, 6.45) is 1.52. The van der Waals surface area contributed by atoms with Gasteiger partial charge in [0, 0.05) is 53.4 Å².